The number of carboxylic acids is 1. The maximum Gasteiger partial charge on any atom is 0.309 e. The summed E-state index contributed by atoms with van der Waals surface area (Å²) >= 11 is 0. The van der Waals surface area contributed by atoms with E-state index >= 15 is 0 Å². The van der Waals surface area contributed by atoms with Crippen LogP contribution in [0.3, 0.4) is 0 Å². The molecule has 0 aromatic heterocycles. The molecule has 0 aromatic carbocycles. The van der Waals surface area contributed by atoms with Crippen molar-refractivity contribution in [3.05, 3.63) is 0 Å². The first-order chi connectivity index (χ1) is 6.59. The molecule has 15 heavy (non-hydrogen) atoms. The van der Waals surface area contributed by atoms with Gasteiger partial charge < -0.3 is 5.11 Å². The van der Waals surface area contributed by atoms with Crippen molar-refractivity contribution in [3.63, 3.8) is 0 Å². The molecule has 88 valence electrons. The third kappa shape index (κ3) is 4.45. The molecule has 0 amide bonds. The summed E-state index contributed by atoms with van der Waals surface area (Å²) in [6.45, 7) is 8.83. The molecule has 0 rings (SSSR count). The number of carbonyl (C=O) groups excluding carboxylic acids is 1. The summed E-state index contributed by atoms with van der Waals surface area (Å²) in [5, 5.41) is 8.91. The molecule has 0 atom stereocenters. The van der Waals surface area contributed by atoms with E-state index in [1.54, 1.807) is 20.8 Å². The van der Waals surface area contributed by atoms with E-state index in [-0.39, 0.29) is 11.2 Å². The second-order valence-electron chi connectivity index (χ2n) is 5.48. The molecular formula is C12H22O3. The summed E-state index contributed by atoms with van der Waals surface area (Å²) in [7, 11) is 0. The summed E-state index contributed by atoms with van der Waals surface area (Å²) < 4.78 is 0. The Hall–Kier alpha value is -0.860. The Morgan fingerprint density at radius 1 is 1.00 bits per heavy atom. The average Bonchev–Trinajstić information content (AvgIpc) is 2.02. The van der Waals surface area contributed by atoms with E-state index in [1.807, 2.05) is 13.8 Å². The van der Waals surface area contributed by atoms with Gasteiger partial charge in [0.2, 0.25) is 0 Å². The maximum atomic E-state index is 11.2. The van der Waals surface area contributed by atoms with E-state index in [2.05, 4.69) is 0 Å². The second-order valence-corrected chi connectivity index (χ2v) is 5.48. The van der Waals surface area contributed by atoms with Crippen molar-refractivity contribution < 1.29 is 14.7 Å². The highest BCUT2D eigenvalue weighted by Crippen LogP contribution is 2.29. The Morgan fingerprint density at radius 2 is 1.40 bits per heavy atom. The highest BCUT2D eigenvalue weighted by atomic mass is 16.4. The molecule has 0 aliphatic heterocycles. The third-order valence-electron chi connectivity index (χ3n) is 3.14. The van der Waals surface area contributed by atoms with Gasteiger partial charge >= 0.3 is 5.97 Å². The van der Waals surface area contributed by atoms with Crippen molar-refractivity contribution in [3.8, 4) is 0 Å². The molecule has 0 aliphatic rings. The van der Waals surface area contributed by atoms with Gasteiger partial charge in [-0.25, -0.2) is 0 Å². The van der Waals surface area contributed by atoms with Crippen molar-refractivity contribution in [2.45, 2.75) is 53.9 Å². The quantitative estimate of drug-likeness (QED) is 0.739. The van der Waals surface area contributed by atoms with Gasteiger partial charge in [-0.05, 0) is 33.6 Å². The Kier molecular flexibility index (Phi) is 4.50. The summed E-state index contributed by atoms with van der Waals surface area (Å²) in [5.74, 6) is -0.612. The predicted molar refractivity (Wildman–Crippen MR) is 59.7 cm³/mol. The van der Waals surface area contributed by atoms with Gasteiger partial charge in [0.1, 0.15) is 5.78 Å². The van der Waals surface area contributed by atoms with Crippen molar-refractivity contribution in [1.82, 2.24) is 0 Å². The van der Waals surface area contributed by atoms with Crippen LogP contribution in [0.2, 0.25) is 0 Å². The van der Waals surface area contributed by atoms with E-state index in [4.69, 9.17) is 5.11 Å². The topological polar surface area (TPSA) is 54.4 Å². The van der Waals surface area contributed by atoms with Crippen molar-refractivity contribution in [2.24, 2.45) is 10.8 Å². The van der Waals surface area contributed by atoms with Crippen molar-refractivity contribution >= 4 is 11.8 Å². The monoisotopic (exact) mass is 214 g/mol. The number of hydrogen-bond donors (Lipinski definition) is 1. The zero-order chi connectivity index (χ0) is 12.3. The molecule has 0 saturated carbocycles. The smallest absolute Gasteiger partial charge is 0.309 e. The van der Waals surface area contributed by atoms with E-state index in [0.29, 0.717) is 6.42 Å². The van der Waals surface area contributed by atoms with E-state index in [1.165, 1.54) is 0 Å². The largest absolute Gasteiger partial charge is 0.481 e. The molecule has 0 aliphatic carbocycles. The standard InChI is InChI=1S/C12H22O3/c1-9(13)11(2,3)7-6-8-12(4,5)10(14)15/h6-8H2,1-5H3,(H,14,15). The summed E-state index contributed by atoms with van der Waals surface area (Å²) in [5.41, 5.74) is -1.01. The number of rotatable bonds is 6. The highest BCUT2D eigenvalue weighted by Gasteiger charge is 2.29. The lowest BCUT2D eigenvalue weighted by Crippen LogP contribution is -2.26. The highest BCUT2D eigenvalue weighted by molar-refractivity contribution is 5.81. The molecule has 3 heteroatoms. The number of Topliss-reactive ketones (excluding diaryl/α,β-unsaturated/α-hetero) is 1. The first-order valence-corrected chi connectivity index (χ1v) is 5.34. The number of carboxylic acid groups (broad SMARTS) is 1. The molecular weight excluding hydrogens is 192 g/mol. The minimum Gasteiger partial charge on any atom is -0.481 e. The fourth-order valence-corrected chi connectivity index (χ4v) is 1.26. The van der Waals surface area contributed by atoms with Crippen LogP contribution in [0, 0.1) is 10.8 Å². The van der Waals surface area contributed by atoms with Crippen molar-refractivity contribution in [2.75, 3.05) is 0 Å². The first-order valence-electron chi connectivity index (χ1n) is 5.34. The number of carbonyl (C=O) groups is 2. The van der Waals surface area contributed by atoms with Gasteiger partial charge in [0.05, 0.1) is 5.41 Å². The zero-order valence-electron chi connectivity index (χ0n) is 10.4. The normalized spacial score (nSPS) is 12.6. The summed E-state index contributed by atoms with van der Waals surface area (Å²) in [6, 6.07) is 0. The molecule has 0 unspecified atom stereocenters. The number of ketones is 1. The van der Waals surface area contributed by atoms with Gasteiger partial charge in [-0.3, -0.25) is 9.59 Å². The lowest BCUT2D eigenvalue weighted by atomic mass is 9.79. The van der Waals surface area contributed by atoms with Crippen molar-refractivity contribution in [1.29, 1.82) is 0 Å². The van der Waals surface area contributed by atoms with Crippen LogP contribution in [0.1, 0.15) is 53.9 Å². The second kappa shape index (κ2) is 4.77. The third-order valence-corrected chi connectivity index (χ3v) is 3.14. The van der Waals surface area contributed by atoms with Crippen LogP contribution in [0.5, 0.6) is 0 Å². The number of hydrogen-bond acceptors (Lipinski definition) is 2. The molecule has 1 N–H and O–H groups in total. The average molecular weight is 214 g/mol. The van der Waals surface area contributed by atoms with Crippen LogP contribution in [-0.2, 0) is 9.59 Å². The summed E-state index contributed by atoms with van der Waals surface area (Å²) in [6.07, 6.45) is 2.13. The van der Waals surface area contributed by atoms with Gasteiger partial charge in [-0.2, -0.15) is 0 Å². The molecule has 0 fully saturated rings. The SMILES string of the molecule is CC(=O)C(C)(C)CCCC(C)(C)C(=O)O. The Morgan fingerprint density at radius 3 is 1.73 bits per heavy atom. The first kappa shape index (κ1) is 14.1. The maximum absolute atomic E-state index is 11.2. The van der Waals surface area contributed by atoms with E-state index < -0.39 is 11.4 Å². The fraction of sp³-hybridized carbons (Fsp3) is 0.833. The van der Waals surface area contributed by atoms with Crippen LogP contribution < -0.4 is 0 Å². The lowest BCUT2D eigenvalue weighted by Gasteiger charge is -2.24. The summed E-state index contributed by atoms with van der Waals surface area (Å²) in [4.78, 5) is 22.1. The molecule has 3 nitrogen and oxygen atoms in total. The van der Waals surface area contributed by atoms with Crippen LogP contribution in [-0.4, -0.2) is 16.9 Å². The molecule has 0 bridgehead atoms. The van der Waals surface area contributed by atoms with E-state index in [0.717, 1.165) is 12.8 Å². The Balaban J connectivity index is 4.11. The lowest BCUT2D eigenvalue weighted by molar-refractivity contribution is -0.147. The van der Waals surface area contributed by atoms with Gasteiger partial charge in [-0.1, -0.05) is 20.3 Å². The molecule has 0 heterocycles. The molecule has 0 radical (unpaired) electrons. The molecule has 0 spiro atoms. The van der Waals surface area contributed by atoms with Crippen LogP contribution in [0.15, 0.2) is 0 Å². The van der Waals surface area contributed by atoms with E-state index in [9.17, 15) is 9.59 Å². The molecule has 0 aromatic rings. The van der Waals surface area contributed by atoms with Crippen LogP contribution in [0.25, 0.3) is 0 Å². The predicted octanol–water partition coefficient (Wildman–Crippen LogP) is 2.88. The van der Waals surface area contributed by atoms with Crippen LogP contribution in [0.4, 0.5) is 0 Å². The number of aliphatic carboxylic acids is 1. The van der Waals surface area contributed by atoms with Crippen LogP contribution >= 0.6 is 0 Å². The minimum absolute atomic E-state index is 0.163. The van der Waals surface area contributed by atoms with Gasteiger partial charge in [-0.15, -0.1) is 0 Å². The van der Waals surface area contributed by atoms with Gasteiger partial charge in [0.15, 0.2) is 0 Å². The Bertz CT molecular complexity index is 226. The molecule has 0 saturated heterocycles. The minimum atomic E-state index is -0.775. The fourth-order valence-electron chi connectivity index (χ4n) is 1.26. The van der Waals surface area contributed by atoms with Gasteiger partial charge in [0.25, 0.3) is 0 Å². The Labute approximate surface area is 91.9 Å². The van der Waals surface area contributed by atoms with Gasteiger partial charge in [0, 0.05) is 5.41 Å². The zero-order valence-corrected chi connectivity index (χ0v) is 10.4.